The van der Waals surface area contributed by atoms with Gasteiger partial charge in [0.2, 0.25) is 5.91 Å². The van der Waals surface area contributed by atoms with E-state index in [1.165, 1.54) is 14.0 Å². The van der Waals surface area contributed by atoms with Crippen molar-refractivity contribution in [2.24, 2.45) is 5.73 Å². The second kappa shape index (κ2) is 14.6. The molecule has 39 heavy (non-hydrogen) atoms. The molecule has 0 spiro atoms. The molecule has 3 rings (SSSR count). The molecule has 0 unspecified atom stereocenters. The number of amidine groups is 1. The lowest BCUT2D eigenvalue weighted by Gasteiger charge is -2.22. The molecule has 3 aromatic rings. The Kier molecular flexibility index (Phi) is 11.3. The molecule has 0 fully saturated rings. The summed E-state index contributed by atoms with van der Waals surface area (Å²) in [5, 5.41) is 29.8. The smallest absolute Gasteiger partial charge is 0.325 e. The van der Waals surface area contributed by atoms with Gasteiger partial charge in [-0.3, -0.25) is 19.8 Å². The first-order valence-corrected chi connectivity index (χ1v) is 11.8. The van der Waals surface area contributed by atoms with E-state index >= 15 is 0 Å². The lowest BCUT2D eigenvalue weighted by Crippen LogP contribution is -2.42. The van der Waals surface area contributed by atoms with Gasteiger partial charge in [-0.25, -0.2) is 0 Å². The Labute approximate surface area is 226 Å². The van der Waals surface area contributed by atoms with Gasteiger partial charge in [0.1, 0.15) is 24.5 Å². The Bertz CT molecular complexity index is 1280. The van der Waals surface area contributed by atoms with Crippen molar-refractivity contribution in [3.63, 3.8) is 0 Å². The highest BCUT2D eigenvalue weighted by Crippen LogP contribution is 2.32. The molecular formula is C28H32N4O7. The van der Waals surface area contributed by atoms with Crippen molar-refractivity contribution in [2.75, 3.05) is 12.4 Å². The number of hydrogen-bond acceptors (Lipinski definition) is 7. The lowest BCUT2D eigenvalue weighted by atomic mass is 10.0. The number of carboxylic acid groups (broad SMARTS) is 2. The molecule has 3 aromatic carbocycles. The number of ether oxygens (including phenoxy) is 2. The van der Waals surface area contributed by atoms with Crippen molar-refractivity contribution >= 4 is 29.4 Å². The maximum Gasteiger partial charge on any atom is 0.325 e. The highest BCUT2D eigenvalue weighted by Gasteiger charge is 2.25. The molecule has 7 N–H and O–H groups in total. The first-order valence-electron chi connectivity index (χ1n) is 11.8. The highest BCUT2D eigenvalue weighted by molar-refractivity contribution is 5.95. The second-order valence-corrected chi connectivity index (χ2v) is 8.34. The maximum absolute atomic E-state index is 13.1. The number of carbonyl (C=O) groups is 3. The predicted molar refractivity (Wildman–Crippen MR) is 146 cm³/mol. The third-order valence-corrected chi connectivity index (χ3v) is 5.26. The lowest BCUT2D eigenvalue weighted by molar-refractivity contribution is -0.141. The molecule has 0 bridgehead atoms. The van der Waals surface area contributed by atoms with E-state index in [1.54, 1.807) is 42.5 Å². The predicted octanol–water partition coefficient (Wildman–Crippen LogP) is 3.39. The van der Waals surface area contributed by atoms with Crippen LogP contribution in [0.2, 0.25) is 0 Å². The number of rotatable bonds is 11. The first-order chi connectivity index (χ1) is 18.5. The van der Waals surface area contributed by atoms with E-state index < -0.39 is 29.9 Å². The van der Waals surface area contributed by atoms with Gasteiger partial charge in [-0.1, -0.05) is 36.4 Å². The zero-order chi connectivity index (χ0) is 28.9. The van der Waals surface area contributed by atoms with Crippen molar-refractivity contribution < 1.29 is 34.1 Å². The zero-order valence-electron chi connectivity index (χ0n) is 21.8. The number of nitrogen functional groups attached to an aromatic ring is 1. The van der Waals surface area contributed by atoms with Crippen LogP contribution in [-0.4, -0.2) is 47.0 Å². The SMILES string of the molecule is CC(=O)O.COc1cc([C@H](Nc2ccc(C(=N)N)cc2)C(=O)N[C@@H](C)C(=O)O)ccc1OCc1ccccc1. The minimum Gasteiger partial charge on any atom is -0.493 e. The molecule has 206 valence electrons. The van der Waals surface area contributed by atoms with Crippen molar-refractivity contribution in [1.82, 2.24) is 5.32 Å². The summed E-state index contributed by atoms with van der Waals surface area (Å²) in [6.07, 6.45) is 0. The molecule has 11 nitrogen and oxygen atoms in total. The Morgan fingerprint density at radius 3 is 2.13 bits per heavy atom. The van der Waals surface area contributed by atoms with Crippen LogP contribution in [0.5, 0.6) is 11.5 Å². The van der Waals surface area contributed by atoms with Crippen LogP contribution in [0.25, 0.3) is 0 Å². The molecule has 0 saturated carbocycles. The largest absolute Gasteiger partial charge is 0.493 e. The summed E-state index contributed by atoms with van der Waals surface area (Å²) < 4.78 is 11.4. The van der Waals surface area contributed by atoms with E-state index in [1.807, 2.05) is 30.3 Å². The first kappa shape index (κ1) is 30.2. The average Bonchev–Trinajstić information content (AvgIpc) is 2.90. The Morgan fingerprint density at radius 1 is 0.974 bits per heavy atom. The Morgan fingerprint density at radius 2 is 1.59 bits per heavy atom. The molecule has 0 radical (unpaired) electrons. The van der Waals surface area contributed by atoms with E-state index in [2.05, 4.69) is 10.6 Å². The van der Waals surface area contributed by atoms with Crippen LogP contribution in [0.4, 0.5) is 5.69 Å². The number of aliphatic carboxylic acids is 2. The van der Waals surface area contributed by atoms with Crippen LogP contribution in [-0.2, 0) is 21.0 Å². The van der Waals surface area contributed by atoms with Gasteiger partial charge in [0, 0.05) is 18.2 Å². The van der Waals surface area contributed by atoms with Gasteiger partial charge in [-0.2, -0.15) is 0 Å². The fraction of sp³-hybridized carbons (Fsp3) is 0.214. The fourth-order valence-electron chi connectivity index (χ4n) is 3.29. The topological polar surface area (TPSA) is 184 Å². The zero-order valence-corrected chi connectivity index (χ0v) is 21.8. The molecule has 0 aliphatic rings. The number of amides is 1. The van der Waals surface area contributed by atoms with Crippen LogP contribution >= 0.6 is 0 Å². The fourth-order valence-corrected chi connectivity index (χ4v) is 3.29. The van der Waals surface area contributed by atoms with Crippen LogP contribution in [0.1, 0.15) is 36.6 Å². The number of carboxylic acids is 2. The maximum atomic E-state index is 13.1. The standard InChI is InChI=1S/C26H28N4O5.C2H4O2/c1-16(26(32)33)29-25(31)23(30-20-11-8-18(9-12-20)24(27)28)19-10-13-21(22(14-19)34-2)35-15-17-6-4-3-5-7-17;1-2(3)4/h3-14,16,23,30H,15H2,1-2H3,(H3,27,28)(H,29,31)(H,32,33);1H3,(H,3,4)/t16-,23-;/m0./s1. The van der Waals surface area contributed by atoms with E-state index in [-0.39, 0.29) is 5.84 Å². The van der Waals surface area contributed by atoms with Crippen molar-refractivity contribution in [3.05, 3.63) is 89.5 Å². The summed E-state index contributed by atoms with van der Waals surface area (Å²) in [7, 11) is 1.50. The molecule has 0 saturated heterocycles. The second-order valence-electron chi connectivity index (χ2n) is 8.34. The monoisotopic (exact) mass is 536 g/mol. The molecule has 11 heteroatoms. The molecule has 0 aliphatic heterocycles. The average molecular weight is 537 g/mol. The Hall–Kier alpha value is -5.06. The van der Waals surface area contributed by atoms with Gasteiger partial charge < -0.3 is 36.1 Å². The minimum atomic E-state index is -1.15. The van der Waals surface area contributed by atoms with E-state index in [0.717, 1.165) is 12.5 Å². The Balaban J connectivity index is 0.00000124. The summed E-state index contributed by atoms with van der Waals surface area (Å²) in [6, 6.07) is 19.4. The third-order valence-electron chi connectivity index (χ3n) is 5.26. The molecule has 1 amide bonds. The van der Waals surface area contributed by atoms with Gasteiger partial charge in [0.15, 0.2) is 11.5 Å². The summed E-state index contributed by atoms with van der Waals surface area (Å²) in [4.78, 5) is 33.4. The molecule has 0 aromatic heterocycles. The van der Waals surface area contributed by atoms with Crippen molar-refractivity contribution in [2.45, 2.75) is 32.5 Å². The summed E-state index contributed by atoms with van der Waals surface area (Å²) in [5.41, 5.74) is 8.17. The van der Waals surface area contributed by atoms with Crippen molar-refractivity contribution in [3.8, 4) is 11.5 Å². The van der Waals surface area contributed by atoms with E-state index in [4.69, 9.17) is 30.5 Å². The number of nitrogens with one attached hydrogen (secondary N) is 3. The number of anilines is 1. The molecular weight excluding hydrogens is 504 g/mol. The number of nitrogens with two attached hydrogens (primary N) is 1. The van der Waals surface area contributed by atoms with Crippen LogP contribution in [0.3, 0.4) is 0 Å². The van der Waals surface area contributed by atoms with Crippen LogP contribution in [0, 0.1) is 5.41 Å². The van der Waals surface area contributed by atoms with Crippen LogP contribution in [0.15, 0.2) is 72.8 Å². The quantitative estimate of drug-likeness (QED) is 0.158. The van der Waals surface area contributed by atoms with Gasteiger partial charge in [0.05, 0.1) is 7.11 Å². The summed E-state index contributed by atoms with van der Waals surface area (Å²) >= 11 is 0. The normalized spacial score (nSPS) is 11.6. The molecule has 0 heterocycles. The number of carbonyl (C=O) groups excluding carboxylic acids is 1. The van der Waals surface area contributed by atoms with Crippen LogP contribution < -0.4 is 25.8 Å². The highest BCUT2D eigenvalue weighted by atomic mass is 16.5. The minimum absolute atomic E-state index is 0.0723. The van der Waals surface area contributed by atoms with Gasteiger partial charge in [-0.05, 0) is 54.4 Å². The summed E-state index contributed by atoms with van der Waals surface area (Å²) in [6.45, 7) is 2.82. The van der Waals surface area contributed by atoms with Crippen molar-refractivity contribution in [1.29, 1.82) is 5.41 Å². The molecule has 0 aliphatic carbocycles. The number of methoxy groups -OCH3 is 1. The van der Waals surface area contributed by atoms with Gasteiger partial charge >= 0.3 is 5.97 Å². The summed E-state index contributed by atoms with van der Waals surface area (Å²) in [5.74, 6) is -1.65. The van der Waals surface area contributed by atoms with Gasteiger partial charge in [0.25, 0.3) is 5.97 Å². The van der Waals surface area contributed by atoms with E-state index in [0.29, 0.717) is 34.9 Å². The number of benzene rings is 3. The van der Waals surface area contributed by atoms with E-state index in [9.17, 15) is 14.7 Å². The molecule has 2 atom stereocenters. The van der Waals surface area contributed by atoms with Gasteiger partial charge in [-0.15, -0.1) is 0 Å². The number of hydrogen-bond donors (Lipinski definition) is 6. The third kappa shape index (κ3) is 9.73.